The first-order chi connectivity index (χ1) is 8.84. The molecule has 0 unspecified atom stereocenters. The topological polar surface area (TPSA) is 63.4 Å². The molecule has 0 spiro atoms. The van der Waals surface area contributed by atoms with Crippen LogP contribution in [-0.4, -0.2) is 38.3 Å². The van der Waals surface area contributed by atoms with Crippen molar-refractivity contribution in [2.75, 3.05) is 25.6 Å². The average molecular weight is 367 g/mol. The molecule has 0 aliphatic carbocycles. The Morgan fingerprint density at radius 1 is 1.42 bits per heavy atom. The quantitative estimate of drug-likeness (QED) is 0.837. The molecule has 4 nitrogen and oxygen atoms in total. The standard InChI is InChI=1S/C12H19BrN2O2S2/c1-9-6-10(8-14)7-11(12(9)13)19(16,17)15(2)4-5-18-3/h6-7H,4-5,8,14H2,1-3H3. The number of nitrogens with two attached hydrogens (primary N) is 1. The number of rotatable bonds is 6. The van der Waals surface area contributed by atoms with Crippen LogP contribution in [0, 0.1) is 6.92 Å². The molecule has 0 amide bonds. The Balaban J connectivity index is 3.24. The molecule has 0 fully saturated rings. The van der Waals surface area contributed by atoms with Crippen LogP contribution in [0.25, 0.3) is 0 Å². The number of hydrogen-bond donors (Lipinski definition) is 1. The Morgan fingerprint density at radius 2 is 2.05 bits per heavy atom. The third-order valence-corrected chi connectivity index (χ3v) is 6.60. The summed E-state index contributed by atoms with van der Waals surface area (Å²) in [6, 6.07) is 3.53. The van der Waals surface area contributed by atoms with Gasteiger partial charge in [0.15, 0.2) is 0 Å². The number of nitrogens with zero attached hydrogens (tertiary/aromatic N) is 1. The lowest BCUT2D eigenvalue weighted by Gasteiger charge is -2.19. The number of halogens is 1. The molecule has 0 aliphatic rings. The van der Waals surface area contributed by atoms with E-state index < -0.39 is 10.0 Å². The lowest BCUT2D eigenvalue weighted by atomic mass is 10.1. The van der Waals surface area contributed by atoms with Crippen molar-refractivity contribution in [3.05, 3.63) is 27.7 Å². The largest absolute Gasteiger partial charge is 0.326 e. The maximum atomic E-state index is 12.5. The third-order valence-electron chi connectivity index (χ3n) is 2.82. The zero-order chi connectivity index (χ0) is 14.6. The Morgan fingerprint density at radius 3 is 2.58 bits per heavy atom. The maximum Gasteiger partial charge on any atom is 0.243 e. The van der Waals surface area contributed by atoms with Crippen molar-refractivity contribution in [1.29, 1.82) is 0 Å². The molecule has 0 bridgehead atoms. The summed E-state index contributed by atoms with van der Waals surface area (Å²) in [7, 11) is -1.88. The summed E-state index contributed by atoms with van der Waals surface area (Å²) < 4.78 is 27.0. The molecule has 19 heavy (non-hydrogen) atoms. The van der Waals surface area contributed by atoms with E-state index in [2.05, 4.69) is 15.9 Å². The van der Waals surface area contributed by atoms with E-state index in [1.165, 1.54) is 4.31 Å². The minimum atomic E-state index is -3.48. The van der Waals surface area contributed by atoms with Crippen molar-refractivity contribution in [2.24, 2.45) is 5.73 Å². The lowest BCUT2D eigenvalue weighted by molar-refractivity contribution is 0.488. The molecule has 1 rings (SSSR count). The molecule has 0 aliphatic heterocycles. The number of thioether (sulfide) groups is 1. The monoisotopic (exact) mass is 366 g/mol. The fourth-order valence-electron chi connectivity index (χ4n) is 1.62. The summed E-state index contributed by atoms with van der Waals surface area (Å²) in [5, 5.41) is 0. The molecular formula is C12H19BrN2O2S2. The second-order valence-corrected chi connectivity index (χ2v) is 8.04. The highest BCUT2D eigenvalue weighted by molar-refractivity contribution is 9.10. The van der Waals surface area contributed by atoms with Crippen LogP contribution in [-0.2, 0) is 16.6 Å². The van der Waals surface area contributed by atoms with Gasteiger partial charge in [0, 0.05) is 30.4 Å². The molecule has 1 aromatic rings. The number of benzene rings is 1. The van der Waals surface area contributed by atoms with Gasteiger partial charge in [-0.3, -0.25) is 0 Å². The van der Waals surface area contributed by atoms with Gasteiger partial charge >= 0.3 is 0 Å². The van der Waals surface area contributed by atoms with Crippen molar-refractivity contribution in [1.82, 2.24) is 4.31 Å². The molecule has 1 aromatic carbocycles. The molecule has 0 saturated heterocycles. The molecule has 0 saturated carbocycles. The Bertz CT molecular complexity index is 547. The van der Waals surface area contributed by atoms with Crippen LogP contribution in [0.4, 0.5) is 0 Å². The molecule has 0 aromatic heterocycles. The second kappa shape index (κ2) is 7.08. The maximum absolute atomic E-state index is 12.5. The van der Waals surface area contributed by atoms with Gasteiger partial charge < -0.3 is 5.73 Å². The molecule has 0 heterocycles. The highest BCUT2D eigenvalue weighted by Crippen LogP contribution is 2.29. The van der Waals surface area contributed by atoms with E-state index in [0.29, 0.717) is 17.6 Å². The summed E-state index contributed by atoms with van der Waals surface area (Å²) in [5.41, 5.74) is 7.30. The van der Waals surface area contributed by atoms with Gasteiger partial charge in [-0.1, -0.05) is 6.07 Å². The van der Waals surface area contributed by atoms with Gasteiger partial charge in [-0.25, -0.2) is 12.7 Å². The predicted molar refractivity (Wildman–Crippen MR) is 85.0 cm³/mol. The predicted octanol–water partition coefficient (Wildman–Crippen LogP) is 2.20. The number of aryl methyl sites for hydroxylation is 1. The van der Waals surface area contributed by atoms with E-state index in [0.717, 1.165) is 16.9 Å². The van der Waals surface area contributed by atoms with E-state index in [1.54, 1.807) is 24.9 Å². The minimum absolute atomic E-state index is 0.288. The van der Waals surface area contributed by atoms with Crippen LogP contribution >= 0.6 is 27.7 Å². The molecule has 108 valence electrons. The fourth-order valence-corrected chi connectivity index (χ4v) is 4.39. The highest BCUT2D eigenvalue weighted by atomic mass is 79.9. The fraction of sp³-hybridized carbons (Fsp3) is 0.500. The average Bonchev–Trinajstić information content (AvgIpc) is 2.38. The van der Waals surface area contributed by atoms with Crippen molar-refractivity contribution in [3.8, 4) is 0 Å². The van der Waals surface area contributed by atoms with Crippen molar-refractivity contribution in [3.63, 3.8) is 0 Å². The lowest BCUT2D eigenvalue weighted by Crippen LogP contribution is -2.29. The molecule has 0 atom stereocenters. The Kier molecular flexibility index (Phi) is 6.32. The van der Waals surface area contributed by atoms with Crippen LogP contribution in [0.2, 0.25) is 0 Å². The number of hydrogen-bond acceptors (Lipinski definition) is 4. The van der Waals surface area contributed by atoms with Crippen LogP contribution in [0.3, 0.4) is 0 Å². The Hall–Kier alpha value is -0.0800. The van der Waals surface area contributed by atoms with Crippen molar-refractivity contribution in [2.45, 2.75) is 18.4 Å². The molecule has 0 radical (unpaired) electrons. The van der Waals surface area contributed by atoms with Crippen LogP contribution < -0.4 is 5.73 Å². The van der Waals surface area contributed by atoms with Gasteiger partial charge in [0.05, 0.1) is 4.90 Å². The van der Waals surface area contributed by atoms with E-state index >= 15 is 0 Å². The van der Waals surface area contributed by atoms with Gasteiger partial charge in [-0.15, -0.1) is 0 Å². The van der Waals surface area contributed by atoms with Gasteiger partial charge in [-0.2, -0.15) is 11.8 Å². The zero-order valence-corrected chi connectivity index (χ0v) is 14.5. The van der Waals surface area contributed by atoms with Crippen LogP contribution in [0.15, 0.2) is 21.5 Å². The summed E-state index contributed by atoms with van der Waals surface area (Å²) in [5.74, 6) is 0.767. The molecule has 2 N–H and O–H groups in total. The van der Waals surface area contributed by atoms with Crippen LogP contribution in [0.5, 0.6) is 0 Å². The van der Waals surface area contributed by atoms with E-state index in [4.69, 9.17) is 5.73 Å². The van der Waals surface area contributed by atoms with Gasteiger partial charge in [0.25, 0.3) is 0 Å². The zero-order valence-electron chi connectivity index (χ0n) is 11.3. The first-order valence-corrected chi connectivity index (χ1v) is 9.41. The van der Waals surface area contributed by atoms with Gasteiger partial charge in [0.1, 0.15) is 0 Å². The normalized spacial score (nSPS) is 12.1. The highest BCUT2D eigenvalue weighted by Gasteiger charge is 2.24. The first kappa shape index (κ1) is 17.0. The summed E-state index contributed by atoms with van der Waals surface area (Å²) in [4.78, 5) is 0.288. The van der Waals surface area contributed by atoms with Crippen molar-refractivity contribution < 1.29 is 8.42 Å². The first-order valence-electron chi connectivity index (χ1n) is 5.79. The molecule has 7 heteroatoms. The third kappa shape index (κ3) is 3.95. The van der Waals surface area contributed by atoms with Gasteiger partial charge in [0.2, 0.25) is 10.0 Å². The Labute approximate surface area is 127 Å². The summed E-state index contributed by atoms with van der Waals surface area (Å²) in [6.07, 6.45) is 1.95. The number of sulfonamides is 1. The van der Waals surface area contributed by atoms with E-state index in [1.807, 2.05) is 19.2 Å². The van der Waals surface area contributed by atoms with E-state index in [9.17, 15) is 8.42 Å². The van der Waals surface area contributed by atoms with Gasteiger partial charge in [-0.05, 0) is 46.3 Å². The second-order valence-electron chi connectivity index (χ2n) is 4.25. The van der Waals surface area contributed by atoms with Crippen molar-refractivity contribution >= 4 is 37.7 Å². The smallest absolute Gasteiger partial charge is 0.243 e. The molecular weight excluding hydrogens is 348 g/mol. The van der Waals surface area contributed by atoms with Crippen LogP contribution in [0.1, 0.15) is 11.1 Å². The summed E-state index contributed by atoms with van der Waals surface area (Å²) >= 11 is 4.98. The SMILES string of the molecule is CSCCN(C)S(=O)(=O)c1cc(CN)cc(C)c1Br. The minimum Gasteiger partial charge on any atom is -0.326 e. The summed E-state index contributed by atoms with van der Waals surface area (Å²) in [6.45, 7) is 2.68. The van der Waals surface area contributed by atoms with E-state index in [-0.39, 0.29) is 4.90 Å².